The van der Waals surface area contributed by atoms with Crippen LogP contribution in [0.2, 0.25) is 0 Å². The molecule has 0 amide bonds. The van der Waals surface area contributed by atoms with Crippen molar-refractivity contribution in [3.63, 3.8) is 0 Å². The Bertz CT molecular complexity index is 141. The van der Waals surface area contributed by atoms with Crippen LogP contribution in [0.3, 0.4) is 0 Å². The van der Waals surface area contributed by atoms with E-state index in [1.165, 1.54) is 0 Å². The number of hydrogen-bond donors (Lipinski definition) is 1. The summed E-state index contributed by atoms with van der Waals surface area (Å²) in [5.41, 5.74) is 0. The summed E-state index contributed by atoms with van der Waals surface area (Å²) in [4.78, 5) is 11.3. The van der Waals surface area contributed by atoms with Crippen LogP contribution in [0.25, 0.3) is 0 Å². The summed E-state index contributed by atoms with van der Waals surface area (Å²) in [6.07, 6.45) is 2.93. The molecule has 0 heterocycles. The molecule has 0 unspecified atom stereocenters. The van der Waals surface area contributed by atoms with Gasteiger partial charge < -0.3 is 5.32 Å². The zero-order valence-corrected chi connectivity index (χ0v) is 9.39. The summed E-state index contributed by atoms with van der Waals surface area (Å²) in [6, 6.07) is 0.411. The van der Waals surface area contributed by atoms with Crippen molar-refractivity contribution in [3.8, 4) is 0 Å². The van der Waals surface area contributed by atoms with Crippen LogP contribution >= 0.6 is 0 Å². The molecule has 13 heavy (non-hydrogen) atoms. The molecule has 0 saturated carbocycles. The summed E-state index contributed by atoms with van der Waals surface area (Å²) < 4.78 is 0. The molecule has 0 aliphatic rings. The molecule has 0 aliphatic carbocycles. The van der Waals surface area contributed by atoms with Gasteiger partial charge in [-0.3, -0.25) is 4.79 Å². The van der Waals surface area contributed by atoms with Gasteiger partial charge in [0.25, 0.3) is 0 Å². The molecule has 0 aromatic heterocycles. The second kappa shape index (κ2) is 7.07. The lowest BCUT2D eigenvalue weighted by molar-refractivity contribution is -0.118. The first kappa shape index (κ1) is 12.6. The number of carbonyl (C=O) groups excluding carboxylic acids is 1. The molecule has 0 aromatic rings. The Morgan fingerprint density at radius 1 is 1.23 bits per heavy atom. The van der Waals surface area contributed by atoms with E-state index in [-0.39, 0.29) is 0 Å². The van der Waals surface area contributed by atoms with Gasteiger partial charge in [-0.15, -0.1) is 0 Å². The van der Waals surface area contributed by atoms with Gasteiger partial charge in [0.15, 0.2) is 0 Å². The molecule has 2 nitrogen and oxygen atoms in total. The van der Waals surface area contributed by atoms with Gasteiger partial charge in [0, 0.05) is 12.5 Å². The molecule has 2 heteroatoms. The van der Waals surface area contributed by atoms with E-state index < -0.39 is 0 Å². The van der Waals surface area contributed by atoms with Crippen LogP contribution < -0.4 is 5.32 Å². The molecule has 0 aromatic carbocycles. The van der Waals surface area contributed by atoms with E-state index in [1.54, 1.807) is 0 Å². The SMILES string of the molecule is CC(C)CCCC(=O)CNC(C)C. The average Bonchev–Trinajstić information content (AvgIpc) is 2.00. The summed E-state index contributed by atoms with van der Waals surface area (Å²) in [5, 5.41) is 3.13. The Labute approximate surface area is 82.1 Å². The number of ketones is 1. The van der Waals surface area contributed by atoms with Crippen LogP contribution in [0.4, 0.5) is 0 Å². The van der Waals surface area contributed by atoms with Crippen molar-refractivity contribution in [2.75, 3.05) is 6.54 Å². The van der Waals surface area contributed by atoms with E-state index in [2.05, 4.69) is 33.0 Å². The van der Waals surface area contributed by atoms with Gasteiger partial charge in [0.1, 0.15) is 5.78 Å². The predicted molar refractivity (Wildman–Crippen MR) is 56.8 cm³/mol. The summed E-state index contributed by atoms with van der Waals surface area (Å²) in [7, 11) is 0. The molecule has 1 N–H and O–H groups in total. The quantitative estimate of drug-likeness (QED) is 0.660. The molecule has 0 atom stereocenters. The smallest absolute Gasteiger partial charge is 0.146 e. The fraction of sp³-hybridized carbons (Fsp3) is 0.909. The highest BCUT2D eigenvalue weighted by atomic mass is 16.1. The fourth-order valence-electron chi connectivity index (χ4n) is 1.11. The number of rotatable bonds is 7. The highest BCUT2D eigenvalue weighted by Crippen LogP contribution is 2.05. The topological polar surface area (TPSA) is 29.1 Å². The highest BCUT2D eigenvalue weighted by Gasteiger charge is 2.03. The molecule has 0 fully saturated rings. The number of hydrogen-bond acceptors (Lipinski definition) is 2. The van der Waals surface area contributed by atoms with Crippen molar-refractivity contribution in [2.24, 2.45) is 5.92 Å². The summed E-state index contributed by atoms with van der Waals surface area (Å²) >= 11 is 0. The maximum absolute atomic E-state index is 11.3. The predicted octanol–water partition coefficient (Wildman–Crippen LogP) is 2.38. The molecule has 0 spiro atoms. The van der Waals surface area contributed by atoms with Gasteiger partial charge in [-0.25, -0.2) is 0 Å². The minimum absolute atomic E-state index is 0.342. The van der Waals surface area contributed by atoms with Gasteiger partial charge in [-0.2, -0.15) is 0 Å². The first-order valence-electron chi connectivity index (χ1n) is 5.27. The van der Waals surface area contributed by atoms with Crippen molar-refractivity contribution in [1.29, 1.82) is 0 Å². The summed E-state index contributed by atoms with van der Waals surface area (Å²) in [5.74, 6) is 1.06. The van der Waals surface area contributed by atoms with E-state index in [9.17, 15) is 4.79 Å². The lowest BCUT2D eigenvalue weighted by Gasteiger charge is -2.07. The zero-order valence-electron chi connectivity index (χ0n) is 9.39. The van der Waals surface area contributed by atoms with Crippen LogP contribution in [0.15, 0.2) is 0 Å². The maximum atomic E-state index is 11.3. The summed E-state index contributed by atoms with van der Waals surface area (Å²) in [6.45, 7) is 9.03. The fourth-order valence-corrected chi connectivity index (χ4v) is 1.11. The van der Waals surface area contributed by atoms with Crippen LogP contribution in [0.1, 0.15) is 47.0 Å². The molecule has 0 radical (unpaired) electrons. The first-order chi connectivity index (χ1) is 6.02. The first-order valence-corrected chi connectivity index (χ1v) is 5.27. The van der Waals surface area contributed by atoms with Crippen molar-refractivity contribution in [3.05, 3.63) is 0 Å². The molecule has 0 aliphatic heterocycles. The highest BCUT2D eigenvalue weighted by molar-refractivity contribution is 5.80. The van der Waals surface area contributed by atoms with E-state index in [0.29, 0.717) is 24.3 Å². The molecular formula is C11H23NO. The largest absolute Gasteiger partial charge is 0.308 e. The van der Waals surface area contributed by atoms with Crippen molar-refractivity contribution >= 4 is 5.78 Å². The van der Waals surface area contributed by atoms with Crippen molar-refractivity contribution in [1.82, 2.24) is 5.32 Å². The second-order valence-electron chi connectivity index (χ2n) is 4.36. The third-order valence-electron chi connectivity index (χ3n) is 1.94. The van der Waals surface area contributed by atoms with Crippen LogP contribution in [-0.4, -0.2) is 18.4 Å². The Balaban J connectivity index is 3.30. The van der Waals surface area contributed by atoms with Crippen molar-refractivity contribution in [2.45, 2.75) is 53.0 Å². The van der Waals surface area contributed by atoms with Gasteiger partial charge in [0.05, 0.1) is 6.54 Å². The maximum Gasteiger partial charge on any atom is 0.146 e. The van der Waals surface area contributed by atoms with Gasteiger partial charge in [-0.05, 0) is 12.3 Å². The lowest BCUT2D eigenvalue weighted by Crippen LogP contribution is -2.29. The second-order valence-corrected chi connectivity index (χ2v) is 4.36. The Kier molecular flexibility index (Phi) is 6.87. The van der Waals surface area contributed by atoms with Gasteiger partial charge in [0.2, 0.25) is 0 Å². The molecule has 0 saturated heterocycles. The van der Waals surface area contributed by atoms with Crippen LogP contribution in [0.5, 0.6) is 0 Å². The van der Waals surface area contributed by atoms with E-state index in [0.717, 1.165) is 19.3 Å². The number of Topliss-reactive ketones (excluding diaryl/α,β-unsaturated/α-hetero) is 1. The van der Waals surface area contributed by atoms with Crippen molar-refractivity contribution < 1.29 is 4.79 Å². The minimum Gasteiger partial charge on any atom is -0.308 e. The molecular weight excluding hydrogens is 162 g/mol. The van der Waals surface area contributed by atoms with E-state index >= 15 is 0 Å². The average molecular weight is 185 g/mol. The Morgan fingerprint density at radius 3 is 2.31 bits per heavy atom. The normalized spacial score (nSPS) is 11.2. The van der Waals surface area contributed by atoms with Crippen LogP contribution in [0, 0.1) is 5.92 Å². The molecule has 0 bridgehead atoms. The van der Waals surface area contributed by atoms with Gasteiger partial charge in [-0.1, -0.05) is 34.1 Å². The third-order valence-corrected chi connectivity index (χ3v) is 1.94. The van der Waals surface area contributed by atoms with Gasteiger partial charge >= 0.3 is 0 Å². The Morgan fingerprint density at radius 2 is 1.85 bits per heavy atom. The monoisotopic (exact) mass is 185 g/mol. The lowest BCUT2D eigenvalue weighted by atomic mass is 10.0. The molecule has 78 valence electrons. The third kappa shape index (κ3) is 9.54. The number of nitrogens with one attached hydrogen (secondary N) is 1. The Hall–Kier alpha value is -0.370. The standard InChI is InChI=1S/C11H23NO/c1-9(2)6-5-7-11(13)8-12-10(3)4/h9-10,12H,5-8H2,1-4H3. The molecule has 0 rings (SSSR count). The van der Waals surface area contributed by atoms with Crippen LogP contribution in [-0.2, 0) is 4.79 Å². The van der Waals surface area contributed by atoms with E-state index in [4.69, 9.17) is 0 Å². The number of carbonyl (C=O) groups is 1. The zero-order chi connectivity index (χ0) is 10.3. The minimum atomic E-state index is 0.342. The van der Waals surface area contributed by atoms with E-state index in [1.807, 2.05) is 0 Å².